The van der Waals surface area contributed by atoms with Gasteiger partial charge in [0.15, 0.2) is 0 Å². The Hall–Kier alpha value is -1.40. The Bertz CT molecular complexity index is 599. The molecule has 1 unspecified atom stereocenters. The third kappa shape index (κ3) is 3.75. The Morgan fingerprint density at radius 3 is 2.61 bits per heavy atom. The van der Waals surface area contributed by atoms with Crippen LogP contribution in [0.15, 0.2) is 28.7 Å². The van der Waals surface area contributed by atoms with Crippen LogP contribution in [0.2, 0.25) is 0 Å². The molecule has 1 saturated carbocycles. The van der Waals surface area contributed by atoms with Crippen molar-refractivity contribution in [3.05, 3.63) is 28.7 Å². The van der Waals surface area contributed by atoms with Crippen molar-refractivity contribution in [1.29, 1.82) is 0 Å². The first kappa shape index (κ1) is 16.5. The molecule has 6 heteroatoms. The Morgan fingerprint density at radius 2 is 1.91 bits per heavy atom. The molecule has 1 saturated heterocycles. The number of carbonyl (C=O) groups is 2. The number of rotatable bonds is 3. The highest BCUT2D eigenvalue weighted by Gasteiger charge is 2.36. The number of nitrogens with one attached hydrogen (secondary N) is 1. The molecule has 3 rings (SSSR count). The largest absolute Gasteiger partial charge is 0.393 e. The number of hydrogen-bond acceptors (Lipinski definition) is 3. The van der Waals surface area contributed by atoms with Gasteiger partial charge in [-0.1, -0.05) is 12.1 Å². The van der Waals surface area contributed by atoms with E-state index in [0.29, 0.717) is 6.54 Å². The predicted octanol–water partition coefficient (Wildman–Crippen LogP) is 2.22. The fourth-order valence-corrected chi connectivity index (χ4v) is 3.82. The minimum Gasteiger partial charge on any atom is -0.393 e. The molecule has 23 heavy (non-hydrogen) atoms. The number of benzene rings is 1. The van der Waals surface area contributed by atoms with Gasteiger partial charge < -0.3 is 15.3 Å². The standard InChI is InChI=1S/C17H21BrN2O3/c18-14-3-1-2-4-15(14)20-10-11(9-16(20)22)17(23)19-12-5-7-13(21)8-6-12/h1-4,11-13,21H,5-10H2,(H,19,23). The highest BCUT2D eigenvalue weighted by Crippen LogP contribution is 2.31. The lowest BCUT2D eigenvalue weighted by molar-refractivity contribution is -0.127. The van der Waals surface area contributed by atoms with E-state index < -0.39 is 0 Å². The van der Waals surface area contributed by atoms with E-state index in [4.69, 9.17) is 0 Å². The number of halogens is 1. The number of carbonyl (C=O) groups excluding carboxylic acids is 2. The molecule has 2 amide bonds. The van der Waals surface area contributed by atoms with Gasteiger partial charge in [0.25, 0.3) is 0 Å². The molecule has 2 fully saturated rings. The van der Waals surface area contributed by atoms with Crippen LogP contribution >= 0.6 is 15.9 Å². The second-order valence-corrected chi connectivity index (χ2v) is 7.23. The summed E-state index contributed by atoms with van der Waals surface area (Å²) < 4.78 is 0.857. The van der Waals surface area contributed by atoms with Gasteiger partial charge in [0, 0.05) is 23.5 Å². The monoisotopic (exact) mass is 380 g/mol. The normalized spacial score (nSPS) is 28.0. The summed E-state index contributed by atoms with van der Waals surface area (Å²) in [6, 6.07) is 7.68. The lowest BCUT2D eigenvalue weighted by Gasteiger charge is -2.27. The maximum absolute atomic E-state index is 12.4. The first-order chi connectivity index (χ1) is 11.0. The molecular weight excluding hydrogens is 360 g/mol. The smallest absolute Gasteiger partial charge is 0.227 e. The van der Waals surface area contributed by atoms with Crippen LogP contribution in [0, 0.1) is 5.92 Å². The molecule has 124 valence electrons. The summed E-state index contributed by atoms with van der Waals surface area (Å²) in [6.45, 7) is 0.419. The Balaban J connectivity index is 1.61. The SMILES string of the molecule is O=C(NC1CCC(O)CC1)C1CC(=O)N(c2ccccc2Br)C1. The summed E-state index contributed by atoms with van der Waals surface area (Å²) in [6.07, 6.45) is 3.10. The van der Waals surface area contributed by atoms with Crippen molar-refractivity contribution in [2.24, 2.45) is 5.92 Å². The van der Waals surface area contributed by atoms with Crippen LogP contribution in [0.3, 0.4) is 0 Å². The first-order valence-electron chi connectivity index (χ1n) is 8.08. The average Bonchev–Trinajstić information content (AvgIpc) is 2.92. The van der Waals surface area contributed by atoms with Crippen LogP contribution in [-0.4, -0.2) is 35.6 Å². The van der Waals surface area contributed by atoms with Crippen LogP contribution in [-0.2, 0) is 9.59 Å². The summed E-state index contributed by atoms with van der Waals surface area (Å²) in [7, 11) is 0. The van der Waals surface area contributed by atoms with Crippen molar-refractivity contribution in [2.45, 2.75) is 44.2 Å². The van der Waals surface area contributed by atoms with Crippen molar-refractivity contribution in [3.8, 4) is 0 Å². The number of hydrogen-bond donors (Lipinski definition) is 2. The summed E-state index contributed by atoms with van der Waals surface area (Å²) in [5.74, 6) is -0.369. The van der Waals surface area contributed by atoms with Crippen molar-refractivity contribution in [1.82, 2.24) is 5.32 Å². The van der Waals surface area contributed by atoms with Crippen molar-refractivity contribution >= 4 is 33.4 Å². The topological polar surface area (TPSA) is 69.6 Å². The van der Waals surface area contributed by atoms with E-state index in [2.05, 4.69) is 21.2 Å². The van der Waals surface area contributed by atoms with Crippen LogP contribution in [0.1, 0.15) is 32.1 Å². The van der Waals surface area contributed by atoms with Gasteiger partial charge in [0.05, 0.1) is 17.7 Å². The minimum absolute atomic E-state index is 0.0175. The van der Waals surface area contributed by atoms with Crippen LogP contribution in [0.25, 0.3) is 0 Å². The van der Waals surface area contributed by atoms with E-state index in [1.54, 1.807) is 4.90 Å². The molecule has 1 heterocycles. The maximum atomic E-state index is 12.4. The van der Waals surface area contributed by atoms with E-state index >= 15 is 0 Å². The van der Waals surface area contributed by atoms with Gasteiger partial charge in [0.2, 0.25) is 11.8 Å². The fraction of sp³-hybridized carbons (Fsp3) is 0.529. The predicted molar refractivity (Wildman–Crippen MR) is 91.0 cm³/mol. The lowest BCUT2D eigenvalue weighted by atomic mass is 9.92. The van der Waals surface area contributed by atoms with Crippen molar-refractivity contribution in [3.63, 3.8) is 0 Å². The van der Waals surface area contributed by atoms with Crippen LogP contribution < -0.4 is 10.2 Å². The molecule has 1 aliphatic heterocycles. The van der Waals surface area contributed by atoms with Crippen molar-refractivity contribution in [2.75, 3.05) is 11.4 Å². The highest BCUT2D eigenvalue weighted by molar-refractivity contribution is 9.10. The molecule has 5 nitrogen and oxygen atoms in total. The number of para-hydroxylation sites is 1. The number of nitrogens with zero attached hydrogens (tertiary/aromatic N) is 1. The van der Waals surface area contributed by atoms with Crippen LogP contribution in [0.5, 0.6) is 0 Å². The molecule has 1 aliphatic carbocycles. The average molecular weight is 381 g/mol. The second-order valence-electron chi connectivity index (χ2n) is 6.37. The molecule has 0 bridgehead atoms. The van der Waals surface area contributed by atoms with Gasteiger partial charge in [-0.05, 0) is 53.7 Å². The summed E-state index contributed by atoms with van der Waals surface area (Å²) in [5, 5.41) is 12.6. The zero-order valence-electron chi connectivity index (χ0n) is 12.9. The summed E-state index contributed by atoms with van der Waals surface area (Å²) >= 11 is 3.46. The molecule has 1 atom stereocenters. The van der Waals surface area contributed by atoms with E-state index in [0.717, 1.165) is 35.8 Å². The number of anilines is 1. The zero-order valence-corrected chi connectivity index (χ0v) is 14.5. The number of aliphatic hydroxyl groups is 1. The summed E-state index contributed by atoms with van der Waals surface area (Å²) in [4.78, 5) is 26.4. The molecule has 1 aromatic rings. The van der Waals surface area contributed by atoms with Gasteiger partial charge >= 0.3 is 0 Å². The molecule has 0 aromatic heterocycles. The van der Waals surface area contributed by atoms with E-state index in [1.165, 1.54) is 0 Å². The van der Waals surface area contributed by atoms with E-state index in [1.807, 2.05) is 24.3 Å². The molecule has 2 aliphatic rings. The first-order valence-corrected chi connectivity index (χ1v) is 8.87. The molecular formula is C17H21BrN2O3. The van der Waals surface area contributed by atoms with Gasteiger partial charge in [0.1, 0.15) is 0 Å². The molecule has 0 spiro atoms. The Labute approximate surface area is 144 Å². The zero-order chi connectivity index (χ0) is 16.4. The fourth-order valence-electron chi connectivity index (χ4n) is 3.33. The van der Waals surface area contributed by atoms with Crippen LogP contribution in [0.4, 0.5) is 5.69 Å². The molecule has 2 N–H and O–H groups in total. The number of aliphatic hydroxyl groups excluding tert-OH is 1. The lowest BCUT2D eigenvalue weighted by Crippen LogP contribution is -2.42. The third-order valence-electron chi connectivity index (χ3n) is 4.68. The Kier molecular flexibility index (Phi) is 5.02. The van der Waals surface area contributed by atoms with E-state index in [9.17, 15) is 14.7 Å². The van der Waals surface area contributed by atoms with E-state index in [-0.39, 0.29) is 36.3 Å². The highest BCUT2D eigenvalue weighted by atomic mass is 79.9. The van der Waals surface area contributed by atoms with Gasteiger partial charge in [-0.15, -0.1) is 0 Å². The van der Waals surface area contributed by atoms with Crippen molar-refractivity contribution < 1.29 is 14.7 Å². The molecule has 1 aromatic carbocycles. The molecule has 0 radical (unpaired) electrons. The van der Waals surface area contributed by atoms with Gasteiger partial charge in [-0.25, -0.2) is 0 Å². The number of amides is 2. The van der Waals surface area contributed by atoms with Gasteiger partial charge in [-0.2, -0.15) is 0 Å². The summed E-state index contributed by atoms with van der Waals surface area (Å²) in [5.41, 5.74) is 0.814. The van der Waals surface area contributed by atoms with Gasteiger partial charge in [-0.3, -0.25) is 9.59 Å². The third-order valence-corrected chi connectivity index (χ3v) is 5.35. The minimum atomic E-state index is -0.304. The Morgan fingerprint density at radius 1 is 1.22 bits per heavy atom. The maximum Gasteiger partial charge on any atom is 0.227 e. The second kappa shape index (κ2) is 7.01. The quantitative estimate of drug-likeness (QED) is 0.844.